The Kier molecular flexibility index (Phi) is 4.14. The van der Waals surface area contributed by atoms with E-state index in [1.54, 1.807) is 4.40 Å². The molecule has 0 aliphatic heterocycles. The van der Waals surface area contributed by atoms with Crippen LogP contribution in [0.2, 0.25) is 0 Å². The minimum atomic E-state index is -0.590. The third-order valence-electron chi connectivity index (χ3n) is 7.58. The van der Waals surface area contributed by atoms with Crippen LogP contribution in [-0.2, 0) is 5.54 Å². The van der Waals surface area contributed by atoms with Crippen LogP contribution in [0, 0.1) is 5.92 Å². The molecule has 2 fully saturated rings. The molecule has 2 saturated carbocycles. The summed E-state index contributed by atoms with van der Waals surface area (Å²) in [6, 6.07) is 21.9. The summed E-state index contributed by atoms with van der Waals surface area (Å²) in [5.74, 6) is 0.696. The normalized spacial score (nSPS) is 24.1. The van der Waals surface area contributed by atoms with Gasteiger partial charge in [-0.2, -0.15) is 0 Å². The predicted octanol–water partition coefficient (Wildman–Crippen LogP) is 3.68. The molecule has 0 bridgehead atoms. The Morgan fingerprint density at radius 2 is 1.51 bits per heavy atom. The van der Waals surface area contributed by atoms with Crippen molar-refractivity contribution >= 4 is 22.8 Å². The highest BCUT2D eigenvalue weighted by Crippen LogP contribution is 2.57. The van der Waals surface area contributed by atoms with Gasteiger partial charge in [0, 0.05) is 16.7 Å². The maximum absolute atomic E-state index is 10.8. The molecule has 3 heterocycles. The quantitative estimate of drug-likeness (QED) is 0.371. The lowest BCUT2D eigenvalue weighted by molar-refractivity contribution is -0.106. The number of aliphatic hydroxyl groups is 1. The standard InChI is InChI=1S/C27H25N7O/c28-25-33-32-21-13-12-20-24(34(21)25)31-23(16-4-2-1-3-5-16)22(30-20)17-6-8-18(9-7-17)26(29)14-27(35,15-26)19-10-11-19/h1-9,12-13,19,35H,10-11,14-15,29H2,(H2,28,33). The van der Waals surface area contributed by atoms with E-state index in [-0.39, 0.29) is 5.95 Å². The number of anilines is 1. The largest absolute Gasteiger partial charge is 0.389 e. The van der Waals surface area contributed by atoms with Crippen molar-refractivity contribution in [3.8, 4) is 22.5 Å². The molecule has 2 aromatic carbocycles. The van der Waals surface area contributed by atoms with E-state index in [1.165, 1.54) is 0 Å². The fourth-order valence-electron chi connectivity index (χ4n) is 5.62. The SMILES string of the molecule is Nc1nnc2ccc3nc(-c4ccc(C5(N)CC(O)(C6CC6)C5)cc4)c(-c4ccccc4)nc3n12. The Morgan fingerprint density at radius 3 is 2.23 bits per heavy atom. The summed E-state index contributed by atoms with van der Waals surface area (Å²) in [4.78, 5) is 10.0. The van der Waals surface area contributed by atoms with Crippen LogP contribution in [0.25, 0.3) is 39.3 Å². The van der Waals surface area contributed by atoms with Crippen LogP contribution in [0.4, 0.5) is 5.95 Å². The van der Waals surface area contributed by atoms with Gasteiger partial charge in [0.25, 0.3) is 0 Å². The van der Waals surface area contributed by atoms with Crippen LogP contribution in [0.1, 0.15) is 31.2 Å². The molecule has 8 heteroatoms. The molecule has 2 aliphatic rings. The van der Waals surface area contributed by atoms with Crippen LogP contribution in [0.3, 0.4) is 0 Å². The van der Waals surface area contributed by atoms with Crippen LogP contribution in [-0.4, -0.2) is 35.3 Å². The molecule has 35 heavy (non-hydrogen) atoms. The monoisotopic (exact) mass is 463 g/mol. The zero-order valence-electron chi connectivity index (χ0n) is 19.1. The van der Waals surface area contributed by atoms with Gasteiger partial charge in [0.1, 0.15) is 5.52 Å². The first-order valence-corrected chi connectivity index (χ1v) is 11.9. The molecule has 5 aromatic rings. The number of rotatable bonds is 4. The van der Waals surface area contributed by atoms with Crippen molar-refractivity contribution in [2.45, 2.75) is 36.8 Å². The van der Waals surface area contributed by atoms with E-state index in [9.17, 15) is 5.11 Å². The van der Waals surface area contributed by atoms with Gasteiger partial charge in [-0.15, -0.1) is 10.2 Å². The van der Waals surface area contributed by atoms with Gasteiger partial charge in [0.15, 0.2) is 11.3 Å². The molecule has 174 valence electrons. The third kappa shape index (κ3) is 3.14. The minimum Gasteiger partial charge on any atom is -0.389 e. The molecule has 0 unspecified atom stereocenters. The summed E-state index contributed by atoms with van der Waals surface area (Å²) >= 11 is 0. The first kappa shape index (κ1) is 20.5. The van der Waals surface area contributed by atoms with Crippen molar-refractivity contribution in [1.82, 2.24) is 24.6 Å². The number of pyridine rings is 1. The second kappa shape index (κ2) is 7.07. The number of nitrogen functional groups attached to an aromatic ring is 1. The van der Waals surface area contributed by atoms with Crippen molar-refractivity contribution in [3.05, 3.63) is 72.3 Å². The lowest BCUT2D eigenvalue weighted by Crippen LogP contribution is -2.60. The molecule has 8 nitrogen and oxygen atoms in total. The van der Waals surface area contributed by atoms with E-state index >= 15 is 0 Å². The number of hydrogen-bond donors (Lipinski definition) is 3. The second-order valence-electron chi connectivity index (χ2n) is 10.0. The molecule has 0 atom stereocenters. The maximum Gasteiger partial charge on any atom is 0.228 e. The average molecular weight is 464 g/mol. The van der Waals surface area contributed by atoms with E-state index < -0.39 is 11.1 Å². The number of aromatic nitrogens is 5. The van der Waals surface area contributed by atoms with Gasteiger partial charge in [-0.1, -0.05) is 54.6 Å². The van der Waals surface area contributed by atoms with Crippen LogP contribution in [0.15, 0.2) is 66.7 Å². The predicted molar refractivity (Wildman–Crippen MR) is 134 cm³/mol. The zero-order chi connectivity index (χ0) is 23.8. The minimum absolute atomic E-state index is 0.274. The van der Waals surface area contributed by atoms with Crippen molar-refractivity contribution in [2.24, 2.45) is 11.7 Å². The fourth-order valence-corrected chi connectivity index (χ4v) is 5.62. The number of hydrogen-bond acceptors (Lipinski definition) is 7. The smallest absolute Gasteiger partial charge is 0.228 e. The highest BCUT2D eigenvalue weighted by atomic mass is 16.3. The van der Waals surface area contributed by atoms with Crippen molar-refractivity contribution in [3.63, 3.8) is 0 Å². The van der Waals surface area contributed by atoms with Gasteiger partial charge >= 0.3 is 0 Å². The number of fused-ring (bicyclic) bond motifs is 3. The van der Waals surface area contributed by atoms with Crippen LogP contribution >= 0.6 is 0 Å². The summed E-state index contributed by atoms with van der Waals surface area (Å²) in [7, 11) is 0. The summed E-state index contributed by atoms with van der Waals surface area (Å²) < 4.78 is 1.72. The topological polar surface area (TPSA) is 128 Å². The summed E-state index contributed by atoms with van der Waals surface area (Å²) in [5.41, 5.74) is 18.1. The highest BCUT2D eigenvalue weighted by molar-refractivity contribution is 5.86. The van der Waals surface area contributed by atoms with Crippen molar-refractivity contribution in [1.29, 1.82) is 0 Å². The highest BCUT2D eigenvalue weighted by Gasteiger charge is 2.58. The third-order valence-corrected chi connectivity index (χ3v) is 7.58. The molecule has 5 N–H and O–H groups in total. The lowest BCUT2D eigenvalue weighted by Gasteiger charge is -2.52. The molecule has 0 saturated heterocycles. The van der Waals surface area contributed by atoms with Crippen LogP contribution in [0.5, 0.6) is 0 Å². The Hall–Kier alpha value is -3.88. The molecule has 0 spiro atoms. The molecule has 0 radical (unpaired) electrons. The molecule has 0 amide bonds. The fraction of sp³-hybridized carbons (Fsp3) is 0.259. The van der Waals surface area contributed by atoms with Gasteiger partial charge in [0.05, 0.1) is 17.0 Å². The summed E-state index contributed by atoms with van der Waals surface area (Å²) in [6.45, 7) is 0. The van der Waals surface area contributed by atoms with E-state index in [0.717, 1.165) is 40.9 Å². The van der Waals surface area contributed by atoms with Crippen LogP contribution < -0.4 is 11.5 Å². The first-order valence-electron chi connectivity index (χ1n) is 11.9. The maximum atomic E-state index is 10.8. The Balaban J connectivity index is 1.34. The zero-order valence-corrected chi connectivity index (χ0v) is 19.1. The second-order valence-corrected chi connectivity index (χ2v) is 10.0. The number of benzene rings is 2. The molecule has 2 aliphatic carbocycles. The average Bonchev–Trinajstić information content (AvgIpc) is 3.66. The first-order chi connectivity index (χ1) is 16.9. The Bertz CT molecular complexity index is 1580. The number of nitrogens with zero attached hydrogens (tertiary/aromatic N) is 5. The van der Waals surface area contributed by atoms with Gasteiger partial charge in [-0.25, -0.2) is 14.4 Å². The lowest BCUT2D eigenvalue weighted by atomic mass is 9.60. The Labute approximate surface area is 201 Å². The van der Waals surface area contributed by atoms with E-state index in [4.69, 9.17) is 21.4 Å². The summed E-state index contributed by atoms with van der Waals surface area (Å²) in [6.07, 6.45) is 3.46. The van der Waals surface area contributed by atoms with Gasteiger partial charge in [0.2, 0.25) is 5.95 Å². The molecular weight excluding hydrogens is 438 g/mol. The Morgan fingerprint density at radius 1 is 0.829 bits per heavy atom. The van der Waals surface area contributed by atoms with Gasteiger partial charge in [-0.05, 0) is 49.3 Å². The van der Waals surface area contributed by atoms with Crippen molar-refractivity contribution in [2.75, 3.05) is 5.73 Å². The molecule has 3 aromatic heterocycles. The number of nitrogens with two attached hydrogens (primary N) is 2. The van der Waals surface area contributed by atoms with E-state index in [2.05, 4.69) is 22.3 Å². The molecular formula is C27H25N7O. The summed E-state index contributed by atoms with van der Waals surface area (Å²) in [5, 5.41) is 18.9. The van der Waals surface area contributed by atoms with Gasteiger partial charge in [-0.3, -0.25) is 0 Å². The molecule has 7 rings (SSSR count). The van der Waals surface area contributed by atoms with Gasteiger partial charge < -0.3 is 16.6 Å². The van der Waals surface area contributed by atoms with Crippen molar-refractivity contribution < 1.29 is 5.11 Å². The van der Waals surface area contributed by atoms with E-state index in [0.29, 0.717) is 35.6 Å². The van der Waals surface area contributed by atoms with E-state index in [1.807, 2.05) is 54.6 Å².